The Kier molecular flexibility index (Phi) is 2.76. The molecular weight excluding hydrogens is 212 g/mol. The smallest absolute Gasteiger partial charge is 0.330 e. The molecule has 0 amide bonds. The number of rotatable bonds is 3. The lowest BCUT2D eigenvalue weighted by molar-refractivity contribution is -0.132. The zero-order valence-electron chi connectivity index (χ0n) is 10.6. The van der Waals surface area contributed by atoms with Gasteiger partial charge in [-0.15, -0.1) is 0 Å². The van der Waals surface area contributed by atoms with Crippen LogP contribution in [0.15, 0.2) is 11.6 Å². The monoisotopic (exact) mass is 234 g/mol. The van der Waals surface area contributed by atoms with E-state index in [1.165, 1.54) is 32.1 Å². The Labute approximate surface area is 103 Å². The van der Waals surface area contributed by atoms with Crippen molar-refractivity contribution in [2.75, 3.05) is 0 Å². The van der Waals surface area contributed by atoms with E-state index in [-0.39, 0.29) is 0 Å². The standard InChI is InChI=1S/C15H22O2/c1-9(15(16)17)2-3-14-12-5-10-4-11(7-12)8-13(14)6-10/h2,10-14H,3-8H2,1H3,(H,16,17)/b9-2+. The molecule has 4 fully saturated rings. The van der Waals surface area contributed by atoms with Gasteiger partial charge in [-0.05, 0) is 75.0 Å². The third-order valence-corrected chi connectivity index (χ3v) is 5.46. The van der Waals surface area contributed by atoms with E-state index in [0.29, 0.717) is 5.57 Å². The zero-order valence-corrected chi connectivity index (χ0v) is 10.6. The summed E-state index contributed by atoms with van der Waals surface area (Å²) >= 11 is 0. The van der Waals surface area contributed by atoms with Crippen molar-refractivity contribution in [3.8, 4) is 0 Å². The maximum atomic E-state index is 10.8. The Morgan fingerprint density at radius 2 is 1.65 bits per heavy atom. The van der Waals surface area contributed by atoms with E-state index in [1.807, 2.05) is 6.08 Å². The maximum Gasteiger partial charge on any atom is 0.330 e. The molecule has 0 atom stereocenters. The fourth-order valence-electron chi connectivity index (χ4n) is 4.82. The summed E-state index contributed by atoms with van der Waals surface area (Å²) in [6, 6.07) is 0. The van der Waals surface area contributed by atoms with Crippen LogP contribution in [0.3, 0.4) is 0 Å². The summed E-state index contributed by atoms with van der Waals surface area (Å²) in [7, 11) is 0. The lowest BCUT2D eigenvalue weighted by Crippen LogP contribution is -2.44. The first-order chi connectivity index (χ1) is 8.13. The molecule has 4 aliphatic carbocycles. The van der Waals surface area contributed by atoms with E-state index in [0.717, 1.165) is 36.0 Å². The minimum absolute atomic E-state index is 0.527. The van der Waals surface area contributed by atoms with Crippen LogP contribution in [0.1, 0.15) is 45.4 Å². The number of hydrogen-bond donors (Lipinski definition) is 1. The van der Waals surface area contributed by atoms with Crippen molar-refractivity contribution in [3.05, 3.63) is 11.6 Å². The highest BCUT2D eigenvalue weighted by atomic mass is 16.4. The van der Waals surface area contributed by atoms with Gasteiger partial charge < -0.3 is 5.11 Å². The number of carbonyl (C=O) groups is 1. The molecule has 4 saturated carbocycles. The summed E-state index contributed by atoms with van der Waals surface area (Å²) in [5.74, 6) is 3.87. The fraction of sp³-hybridized carbons (Fsp3) is 0.800. The van der Waals surface area contributed by atoms with Crippen LogP contribution in [-0.4, -0.2) is 11.1 Å². The van der Waals surface area contributed by atoms with Gasteiger partial charge in [0.15, 0.2) is 0 Å². The first-order valence-corrected chi connectivity index (χ1v) is 7.03. The summed E-state index contributed by atoms with van der Waals surface area (Å²) < 4.78 is 0. The van der Waals surface area contributed by atoms with Crippen LogP contribution < -0.4 is 0 Å². The molecule has 2 heteroatoms. The summed E-state index contributed by atoms with van der Waals surface area (Å²) in [6.45, 7) is 1.72. The molecule has 0 aliphatic heterocycles. The molecule has 17 heavy (non-hydrogen) atoms. The van der Waals surface area contributed by atoms with Crippen molar-refractivity contribution >= 4 is 5.97 Å². The SMILES string of the molecule is C/C(=C\CC1C2CC3CC(C2)CC1C3)C(=O)O. The topological polar surface area (TPSA) is 37.3 Å². The van der Waals surface area contributed by atoms with E-state index < -0.39 is 5.97 Å². The van der Waals surface area contributed by atoms with Crippen LogP contribution in [0.2, 0.25) is 0 Å². The average molecular weight is 234 g/mol. The Morgan fingerprint density at radius 1 is 1.12 bits per heavy atom. The molecule has 0 aromatic carbocycles. The second-order valence-corrected chi connectivity index (χ2v) is 6.52. The lowest BCUT2D eigenvalue weighted by Gasteiger charge is -2.54. The molecule has 4 aliphatic rings. The van der Waals surface area contributed by atoms with Crippen molar-refractivity contribution in [1.82, 2.24) is 0 Å². The normalized spacial score (nSPS) is 44.1. The molecule has 4 rings (SSSR count). The van der Waals surface area contributed by atoms with Crippen molar-refractivity contribution in [1.29, 1.82) is 0 Å². The minimum atomic E-state index is -0.756. The summed E-state index contributed by atoms with van der Waals surface area (Å²) in [5.41, 5.74) is 0.527. The van der Waals surface area contributed by atoms with Crippen LogP contribution in [0.5, 0.6) is 0 Å². The van der Waals surface area contributed by atoms with Crippen molar-refractivity contribution < 1.29 is 9.90 Å². The number of allylic oxidation sites excluding steroid dienone is 1. The quantitative estimate of drug-likeness (QED) is 0.759. The number of aliphatic carboxylic acids is 1. The molecule has 0 heterocycles. The number of carboxylic acid groups (broad SMARTS) is 1. The Morgan fingerprint density at radius 3 is 2.12 bits per heavy atom. The van der Waals surface area contributed by atoms with Crippen LogP contribution in [-0.2, 0) is 4.79 Å². The van der Waals surface area contributed by atoms with E-state index >= 15 is 0 Å². The largest absolute Gasteiger partial charge is 0.478 e. The molecule has 2 nitrogen and oxygen atoms in total. The van der Waals surface area contributed by atoms with Gasteiger partial charge in [-0.2, -0.15) is 0 Å². The summed E-state index contributed by atoms with van der Waals surface area (Å²) in [4.78, 5) is 10.8. The predicted octanol–water partition coefficient (Wildman–Crippen LogP) is 3.48. The average Bonchev–Trinajstić information content (AvgIpc) is 2.26. The summed E-state index contributed by atoms with van der Waals surface area (Å²) in [6.07, 6.45) is 10.2. The molecule has 0 spiro atoms. The van der Waals surface area contributed by atoms with Gasteiger partial charge in [-0.1, -0.05) is 6.08 Å². The Hall–Kier alpha value is -0.790. The van der Waals surface area contributed by atoms with Crippen LogP contribution in [0, 0.1) is 29.6 Å². The van der Waals surface area contributed by atoms with Crippen molar-refractivity contribution in [3.63, 3.8) is 0 Å². The first kappa shape index (κ1) is 11.3. The predicted molar refractivity (Wildman–Crippen MR) is 66.5 cm³/mol. The highest BCUT2D eigenvalue weighted by Gasteiger charge is 2.47. The van der Waals surface area contributed by atoms with Gasteiger partial charge in [0.1, 0.15) is 0 Å². The van der Waals surface area contributed by atoms with Gasteiger partial charge in [0, 0.05) is 5.57 Å². The molecule has 0 unspecified atom stereocenters. The van der Waals surface area contributed by atoms with Gasteiger partial charge in [0.25, 0.3) is 0 Å². The highest BCUT2D eigenvalue weighted by Crippen LogP contribution is 2.57. The molecule has 0 aromatic heterocycles. The molecule has 1 N–H and O–H groups in total. The van der Waals surface area contributed by atoms with Gasteiger partial charge in [-0.25, -0.2) is 4.79 Å². The van der Waals surface area contributed by atoms with Gasteiger partial charge in [0.05, 0.1) is 0 Å². The zero-order chi connectivity index (χ0) is 12.0. The lowest BCUT2D eigenvalue weighted by atomic mass is 9.51. The van der Waals surface area contributed by atoms with Crippen LogP contribution >= 0.6 is 0 Å². The van der Waals surface area contributed by atoms with E-state index in [4.69, 9.17) is 5.11 Å². The molecule has 4 bridgehead atoms. The number of carboxylic acids is 1. The van der Waals surface area contributed by atoms with Gasteiger partial charge in [0.2, 0.25) is 0 Å². The first-order valence-electron chi connectivity index (χ1n) is 7.03. The van der Waals surface area contributed by atoms with Gasteiger partial charge >= 0.3 is 5.97 Å². The summed E-state index contributed by atoms with van der Waals surface area (Å²) in [5, 5.41) is 8.90. The fourth-order valence-corrected chi connectivity index (χ4v) is 4.82. The molecule has 94 valence electrons. The molecular formula is C15H22O2. The van der Waals surface area contributed by atoms with E-state index in [9.17, 15) is 4.79 Å². The Balaban J connectivity index is 1.68. The third kappa shape index (κ3) is 2.02. The van der Waals surface area contributed by atoms with Crippen molar-refractivity contribution in [2.24, 2.45) is 29.6 Å². The minimum Gasteiger partial charge on any atom is -0.478 e. The second-order valence-electron chi connectivity index (χ2n) is 6.52. The molecule has 0 radical (unpaired) electrons. The van der Waals surface area contributed by atoms with Gasteiger partial charge in [-0.3, -0.25) is 0 Å². The molecule has 0 aromatic rings. The third-order valence-electron chi connectivity index (χ3n) is 5.46. The maximum absolute atomic E-state index is 10.8. The Bertz CT molecular complexity index is 328. The number of hydrogen-bond acceptors (Lipinski definition) is 1. The van der Waals surface area contributed by atoms with Crippen LogP contribution in [0.4, 0.5) is 0 Å². The second kappa shape index (κ2) is 4.15. The van der Waals surface area contributed by atoms with E-state index in [1.54, 1.807) is 6.92 Å². The van der Waals surface area contributed by atoms with Crippen LogP contribution in [0.25, 0.3) is 0 Å². The van der Waals surface area contributed by atoms with E-state index in [2.05, 4.69) is 0 Å². The highest BCUT2D eigenvalue weighted by molar-refractivity contribution is 5.85. The molecule has 0 saturated heterocycles. The van der Waals surface area contributed by atoms with Crippen molar-refractivity contribution in [2.45, 2.75) is 45.4 Å².